The first-order valence-electron chi connectivity index (χ1n) is 4.04. The highest BCUT2D eigenvalue weighted by Crippen LogP contribution is 2.42. The first-order chi connectivity index (χ1) is 6.29. The topological polar surface area (TPSA) is 3.24 Å². The minimum Gasteiger partial charge on any atom is -0.271 e. The summed E-state index contributed by atoms with van der Waals surface area (Å²) in [5, 5.41) is 3.33. The molecule has 1 nitrogen and oxygen atoms in total. The Morgan fingerprint density at radius 1 is 1.38 bits per heavy atom. The fraction of sp³-hybridized carbons (Fsp3) is 0.200. The number of hydrogen-bond acceptors (Lipinski definition) is 2. The molecule has 1 unspecified atom stereocenters. The van der Waals surface area contributed by atoms with Crippen molar-refractivity contribution in [2.45, 2.75) is 12.3 Å². The fourth-order valence-corrected chi connectivity index (χ4v) is 2.47. The fourth-order valence-electron chi connectivity index (χ4n) is 1.22. The maximum Gasteiger partial charge on any atom is 0.121 e. The van der Waals surface area contributed by atoms with E-state index in [-0.39, 0.29) is 5.37 Å². The monoisotopic (exact) mass is 210 g/mol. The van der Waals surface area contributed by atoms with Gasteiger partial charge in [0.15, 0.2) is 0 Å². The maximum absolute atomic E-state index is 6.08. The highest BCUT2D eigenvalue weighted by Gasteiger charge is 2.24. The predicted octanol–water partition coefficient (Wildman–Crippen LogP) is 3.55. The Morgan fingerprint density at radius 3 is 2.62 bits per heavy atom. The highest BCUT2D eigenvalue weighted by atomic mass is 35.5. The van der Waals surface area contributed by atoms with Crippen LogP contribution in [0.15, 0.2) is 36.0 Å². The third-order valence-corrected chi connectivity index (χ3v) is 3.61. The Balaban J connectivity index is 2.22. The molecule has 0 amide bonds. The molecule has 3 heteroatoms. The van der Waals surface area contributed by atoms with E-state index in [1.165, 1.54) is 5.56 Å². The van der Waals surface area contributed by atoms with Gasteiger partial charge in [-0.05, 0) is 12.5 Å². The molecule has 1 aliphatic heterocycles. The van der Waals surface area contributed by atoms with Crippen molar-refractivity contribution in [2.75, 3.05) is 0 Å². The zero-order valence-corrected chi connectivity index (χ0v) is 8.77. The molecule has 0 N–H and O–H groups in total. The van der Waals surface area contributed by atoms with Crippen LogP contribution < -0.4 is 0 Å². The summed E-state index contributed by atoms with van der Waals surface area (Å²) in [6, 6.07) is 10.2. The van der Waals surface area contributed by atoms with E-state index in [2.05, 4.69) is 17.5 Å². The van der Waals surface area contributed by atoms with E-state index in [1.807, 2.05) is 25.1 Å². The van der Waals surface area contributed by atoms with Gasteiger partial charge in [0.2, 0.25) is 0 Å². The van der Waals surface area contributed by atoms with Crippen molar-refractivity contribution in [1.82, 2.24) is 4.42 Å². The highest BCUT2D eigenvalue weighted by molar-refractivity contribution is 8.01. The lowest BCUT2D eigenvalue weighted by atomic mass is 10.2. The minimum absolute atomic E-state index is 0.183. The first kappa shape index (κ1) is 8.97. The van der Waals surface area contributed by atoms with Crippen LogP contribution in [0.3, 0.4) is 0 Å². The Bertz CT molecular complexity index is 323. The molecule has 0 bridgehead atoms. The molecule has 0 aromatic heterocycles. The van der Waals surface area contributed by atoms with Crippen LogP contribution >= 0.6 is 23.5 Å². The van der Waals surface area contributed by atoms with Gasteiger partial charge in [-0.1, -0.05) is 42.1 Å². The Morgan fingerprint density at radius 2 is 2.08 bits per heavy atom. The lowest BCUT2D eigenvalue weighted by Gasteiger charge is -2.19. The van der Waals surface area contributed by atoms with Gasteiger partial charge in [-0.3, -0.25) is 4.42 Å². The lowest BCUT2D eigenvalue weighted by molar-refractivity contribution is 0.551. The number of halogens is 1. The summed E-state index contributed by atoms with van der Waals surface area (Å²) in [6.07, 6.45) is 0. The van der Waals surface area contributed by atoms with Crippen molar-refractivity contribution in [3.05, 3.63) is 47.0 Å². The summed E-state index contributed by atoms with van der Waals surface area (Å²) in [6.45, 7) is 1.96. The average Bonchev–Trinajstić information content (AvgIpc) is 2.49. The number of thioether (sulfide) groups is 1. The van der Waals surface area contributed by atoms with Crippen LogP contribution in [0.1, 0.15) is 17.9 Å². The largest absolute Gasteiger partial charge is 0.271 e. The number of benzene rings is 1. The normalized spacial score (nSPS) is 21.8. The predicted molar refractivity (Wildman–Crippen MR) is 56.9 cm³/mol. The van der Waals surface area contributed by atoms with Gasteiger partial charge in [0.1, 0.15) is 5.37 Å². The molecular formula is C10H9ClNS. The summed E-state index contributed by atoms with van der Waals surface area (Å²) < 4.78 is 1.72. The zero-order valence-electron chi connectivity index (χ0n) is 7.20. The van der Waals surface area contributed by atoms with Crippen LogP contribution in [0, 0.1) is 5.41 Å². The van der Waals surface area contributed by atoms with Crippen molar-refractivity contribution in [3.63, 3.8) is 0 Å². The van der Waals surface area contributed by atoms with E-state index >= 15 is 0 Å². The number of hydrogen-bond donors (Lipinski definition) is 0. The SMILES string of the molecule is CC1=[C]SC(c2ccccc2)N1Cl. The van der Waals surface area contributed by atoms with Crippen molar-refractivity contribution < 1.29 is 0 Å². The van der Waals surface area contributed by atoms with Crippen LogP contribution in [0.2, 0.25) is 0 Å². The third-order valence-electron chi connectivity index (χ3n) is 1.93. The standard InChI is InChI=1S/C10H9ClNS/c1-8-7-13-10(12(8)11)9-5-3-2-4-6-9/h2-6,10H,1H3. The Labute approximate surface area is 87.5 Å². The summed E-state index contributed by atoms with van der Waals surface area (Å²) >= 11 is 7.69. The second-order valence-corrected chi connectivity index (χ2v) is 4.13. The zero-order chi connectivity index (χ0) is 9.26. The molecular weight excluding hydrogens is 202 g/mol. The molecule has 1 radical (unpaired) electrons. The lowest BCUT2D eigenvalue weighted by Crippen LogP contribution is -2.09. The molecule has 1 heterocycles. The Hall–Kier alpha value is -0.600. The van der Waals surface area contributed by atoms with E-state index in [0.717, 1.165) is 5.70 Å². The maximum atomic E-state index is 6.08. The summed E-state index contributed by atoms with van der Waals surface area (Å²) in [4.78, 5) is 0. The van der Waals surface area contributed by atoms with Gasteiger partial charge < -0.3 is 0 Å². The molecule has 1 aromatic carbocycles. The molecule has 13 heavy (non-hydrogen) atoms. The molecule has 0 spiro atoms. The van der Waals surface area contributed by atoms with Gasteiger partial charge >= 0.3 is 0 Å². The van der Waals surface area contributed by atoms with Gasteiger partial charge in [-0.2, -0.15) is 0 Å². The van der Waals surface area contributed by atoms with Gasteiger partial charge in [-0.15, -0.1) is 0 Å². The van der Waals surface area contributed by atoms with E-state index < -0.39 is 0 Å². The average molecular weight is 211 g/mol. The van der Waals surface area contributed by atoms with E-state index in [4.69, 9.17) is 11.8 Å². The second-order valence-electron chi connectivity index (χ2n) is 2.88. The first-order valence-corrected chi connectivity index (χ1v) is 5.26. The molecule has 1 atom stereocenters. The quantitative estimate of drug-likeness (QED) is 0.653. The molecule has 0 saturated heterocycles. The van der Waals surface area contributed by atoms with E-state index in [1.54, 1.807) is 16.2 Å². The van der Waals surface area contributed by atoms with Gasteiger partial charge in [-0.25, -0.2) is 0 Å². The molecule has 0 fully saturated rings. The Kier molecular flexibility index (Phi) is 2.51. The van der Waals surface area contributed by atoms with Crippen molar-refractivity contribution in [3.8, 4) is 0 Å². The number of rotatable bonds is 1. The van der Waals surface area contributed by atoms with E-state index in [9.17, 15) is 0 Å². The molecule has 1 aromatic rings. The summed E-state index contributed by atoms with van der Waals surface area (Å²) in [5.74, 6) is 0. The van der Waals surface area contributed by atoms with Crippen molar-refractivity contribution >= 4 is 23.5 Å². The van der Waals surface area contributed by atoms with Gasteiger partial charge in [0, 0.05) is 22.9 Å². The third kappa shape index (κ3) is 1.69. The van der Waals surface area contributed by atoms with Crippen LogP contribution in [-0.4, -0.2) is 4.42 Å². The molecule has 2 rings (SSSR count). The molecule has 1 aliphatic rings. The van der Waals surface area contributed by atoms with Gasteiger partial charge in [0.25, 0.3) is 0 Å². The van der Waals surface area contributed by atoms with Crippen LogP contribution in [0.4, 0.5) is 0 Å². The molecule has 0 saturated carbocycles. The second kappa shape index (κ2) is 3.64. The number of nitrogens with zero attached hydrogens (tertiary/aromatic N) is 1. The smallest absolute Gasteiger partial charge is 0.121 e. The summed E-state index contributed by atoms with van der Waals surface area (Å²) in [5.41, 5.74) is 2.20. The molecule has 0 aliphatic carbocycles. The number of allylic oxidation sites excluding steroid dienone is 1. The van der Waals surface area contributed by atoms with Crippen molar-refractivity contribution in [1.29, 1.82) is 0 Å². The van der Waals surface area contributed by atoms with Crippen LogP contribution in [0.5, 0.6) is 0 Å². The van der Waals surface area contributed by atoms with Gasteiger partial charge in [0.05, 0.1) is 0 Å². The van der Waals surface area contributed by atoms with Crippen LogP contribution in [0.25, 0.3) is 0 Å². The minimum atomic E-state index is 0.183. The molecule has 67 valence electrons. The summed E-state index contributed by atoms with van der Waals surface area (Å²) in [7, 11) is 0. The van der Waals surface area contributed by atoms with E-state index in [0.29, 0.717) is 0 Å². The van der Waals surface area contributed by atoms with Crippen molar-refractivity contribution in [2.24, 2.45) is 0 Å². The van der Waals surface area contributed by atoms with Crippen LogP contribution in [-0.2, 0) is 0 Å².